The Morgan fingerprint density at radius 1 is 2.00 bits per heavy atom. The van der Waals surface area contributed by atoms with Crippen molar-refractivity contribution in [3.05, 3.63) is 0 Å². The van der Waals surface area contributed by atoms with Crippen molar-refractivity contribution < 1.29 is 13.9 Å². The quantitative estimate of drug-likeness (QED) is 0.413. The molecular weight excluding hydrogens is 226 g/mol. The zero-order valence-corrected chi connectivity index (χ0v) is 6.51. The van der Waals surface area contributed by atoms with Gasteiger partial charge in [0.1, 0.15) is 6.61 Å². The molecule has 0 aliphatic carbocycles. The van der Waals surface area contributed by atoms with Crippen molar-refractivity contribution in [2.75, 3.05) is 6.61 Å². The molecule has 0 aromatic carbocycles. The molecule has 0 saturated carbocycles. The third-order valence-corrected chi connectivity index (χ3v) is 0.786. The predicted molar refractivity (Wildman–Crippen MR) is 35.9 cm³/mol. The zero-order chi connectivity index (χ0) is 6.57. The summed E-state index contributed by atoms with van der Waals surface area (Å²) < 4.78 is 15.4. The normalized spacial score (nSPS) is 12.9. The van der Waals surface area contributed by atoms with Gasteiger partial charge in [-0.15, -0.1) is 4.39 Å². The number of hydrogen-bond donors (Lipinski definition) is 0. The topological polar surface area (TPSA) is 26.3 Å². The third kappa shape index (κ3) is 6.13. The summed E-state index contributed by atoms with van der Waals surface area (Å²) in [5, 5.41) is 0. The van der Waals surface area contributed by atoms with Gasteiger partial charge in [0.15, 0.2) is 0 Å². The Hall–Kier alpha value is 0.130. The third-order valence-electron chi connectivity index (χ3n) is 0.426. The van der Waals surface area contributed by atoms with Crippen molar-refractivity contribution in [1.82, 2.24) is 0 Å². The molecule has 0 aromatic rings. The Morgan fingerprint density at radius 3 is 2.62 bits per heavy atom. The minimum Gasteiger partial charge on any atom is -0.439 e. The highest BCUT2D eigenvalue weighted by Crippen LogP contribution is 1.98. The van der Waals surface area contributed by atoms with E-state index >= 15 is 0 Å². The largest absolute Gasteiger partial charge is 0.495 e. The second-order valence-electron chi connectivity index (χ2n) is 1.33. The van der Waals surface area contributed by atoms with E-state index in [4.69, 9.17) is 0 Å². The standard InChI is InChI=1S/C4H6FIO2/c1-3(6)2-8-4(5)7/h3H,2H2,1H3. The molecule has 8 heavy (non-hydrogen) atoms. The van der Waals surface area contributed by atoms with Gasteiger partial charge >= 0.3 is 6.22 Å². The molecule has 0 fully saturated rings. The van der Waals surface area contributed by atoms with Crippen LogP contribution in [0.4, 0.5) is 9.18 Å². The Balaban J connectivity index is 3.05. The molecule has 0 spiro atoms. The second-order valence-corrected chi connectivity index (χ2v) is 3.46. The number of halogens is 2. The van der Waals surface area contributed by atoms with Crippen LogP contribution in [0.5, 0.6) is 0 Å². The lowest BCUT2D eigenvalue weighted by Crippen LogP contribution is -2.05. The maximum Gasteiger partial charge on any atom is 0.495 e. The molecule has 48 valence electrons. The van der Waals surface area contributed by atoms with Gasteiger partial charge in [-0.2, -0.15) is 0 Å². The van der Waals surface area contributed by atoms with Gasteiger partial charge in [0, 0.05) is 3.92 Å². The molecule has 0 aliphatic heterocycles. The maximum absolute atomic E-state index is 11.2. The van der Waals surface area contributed by atoms with E-state index in [1.54, 1.807) is 0 Å². The van der Waals surface area contributed by atoms with Crippen LogP contribution in [0.1, 0.15) is 6.92 Å². The fourth-order valence-electron chi connectivity index (χ4n) is 0.180. The van der Waals surface area contributed by atoms with Gasteiger partial charge in [-0.05, 0) is 0 Å². The summed E-state index contributed by atoms with van der Waals surface area (Å²) >= 11 is 2.03. The SMILES string of the molecule is CC(I)COC(=O)F. The lowest BCUT2D eigenvalue weighted by molar-refractivity contribution is 0.123. The number of hydrogen-bond acceptors (Lipinski definition) is 2. The molecule has 0 N–H and O–H groups in total. The lowest BCUT2D eigenvalue weighted by Gasteiger charge is -1.98. The van der Waals surface area contributed by atoms with Gasteiger partial charge in [0.05, 0.1) is 0 Å². The fraction of sp³-hybridized carbons (Fsp3) is 0.750. The van der Waals surface area contributed by atoms with E-state index < -0.39 is 6.22 Å². The minimum atomic E-state index is -1.70. The van der Waals surface area contributed by atoms with Crippen LogP contribution in [0.25, 0.3) is 0 Å². The molecule has 1 atom stereocenters. The van der Waals surface area contributed by atoms with E-state index in [9.17, 15) is 9.18 Å². The number of alkyl halides is 1. The number of ether oxygens (including phenoxy) is 1. The van der Waals surface area contributed by atoms with Gasteiger partial charge in [0.2, 0.25) is 0 Å². The van der Waals surface area contributed by atoms with Crippen LogP contribution in [-0.4, -0.2) is 16.8 Å². The molecule has 0 radical (unpaired) electrons. The Morgan fingerprint density at radius 2 is 2.50 bits per heavy atom. The fourth-order valence-corrected chi connectivity index (χ4v) is 0.360. The van der Waals surface area contributed by atoms with Crippen molar-refractivity contribution in [1.29, 1.82) is 0 Å². The van der Waals surface area contributed by atoms with Crippen molar-refractivity contribution in [3.63, 3.8) is 0 Å². The van der Waals surface area contributed by atoms with E-state index in [1.807, 2.05) is 29.5 Å². The highest BCUT2D eigenvalue weighted by atomic mass is 127. The molecular formula is C4H6FIO2. The minimum absolute atomic E-state index is 0.149. The molecule has 0 amide bonds. The summed E-state index contributed by atoms with van der Waals surface area (Å²) in [6, 6.07) is 0. The van der Waals surface area contributed by atoms with Gasteiger partial charge < -0.3 is 4.74 Å². The first-order valence-corrected chi connectivity index (χ1v) is 3.34. The average molecular weight is 232 g/mol. The summed E-state index contributed by atoms with van der Waals surface area (Å²) in [5.41, 5.74) is 0. The van der Waals surface area contributed by atoms with Crippen molar-refractivity contribution in [3.8, 4) is 0 Å². The molecule has 0 rings (SSSR count). The maximum atomic E-state index is 11.2. The van der Waals surface area contributed by atoms with Crippen LogP contribution in [0, 0.1) is 0 Å². The highest BCUT2D eigenvalue weighted by molar-refractivity contribution is 14.1. The molecule has 0 bridgehead atoms. The van der Waals surface area contributed by atoms with Gasteiger partial charge in [-0.3, -0.25) is 0 Å². The Bertz CT molecular complexity index is 84.1. The summed E-state index contributed by atoms with van der Waals surface area (Å²) in [4.78, 5) is 9.46. The number of carbonyl (C=O) groups excluding carboxylic acids is 1. The van der Waals surface area contributed by atoms with Crippen LogP contribution in [0.3, 0.4) is 0 Å². The molecule has 0 aromatic heterocycles. The highest BCUT2D eigenvalue weighted by Gasteiger charge is 1.99. The van der Waals surface area contributed by atoms with E-state index in [2.05, 4.69) is 4.74 Å². The van der Waals surface area contributed by atoms with Crippen molar-refractivity contribution in [2.45, 2.75) is 10.8 Å². The number of carbonyl (C=O) groups is 1. The predicted octanol–water partition coefficient (Wildman–Crippen LogP) is 1.92. The van der Waals surface area contributed by atoms with Gasteiger partial charge in [-0.1, -0.05) is 29.5 Å². The molecule has 0 aliphatic rings. The van der Waals surface area contributed by atoms with Gasteiger partial charge in [0.25, 0.3) is 0 Å². The average Bonchev–Trinajstić information content (AvgIpc) is 1.61. The van der Waals surface area contributed by atoms with Crippen LogP contribution in [0.2, 0.25) is 0 Å². The van der Waals surface area contributed by atoms with Crippen molar-refractivity contribution in [2.24, 2.45) is 0 Å². The van der Waals surface area contributed by atoms with E-state index in [1.165, 1.54) is 0 Å². The Labute approximate surface area is 60.5 Å². The van der Waals surface area contributed by atoms with Crippen LogP contribution in [-0.2, 0) is 4.74 Å². The lowest BCUT2D eigenvalue weighted by atomic mass is 10.5. The van der Waals surface area contributed by atoms with Crippen LogP contribution < -0.4 is 0 Å². The molecule has 0 heterocycles. The number of rotatable bonds is 2. The van der Waals surface area contributed by atoms with Crippen LogP contribution in [0.15, 0.2) is 0 Å². The first-order chi connectivity index (χ1) is 3.63. The van der Waals surface area contributed by atoms with E-state index in [-0.39, 0.29) is 10.5 Å². The van der Waals surface area contributed by atoms with E-state index in [0.29, 0.717) is 0 Å². The monoisotopic (exact) mass is 232 g/mol. The zero-order valence-electron chi connectivity index (χ0n) is 4.36. The first kappa shape index (κ1) is 8.13. The van der Waals surface area contributed by atoms with E-state index in [0.717, 1.165) is 0 Å². The first-order valence-electron chi connectivity index (χ1n) is 2.09. The summed E-state index contributed by atoms with van der Waals surface area (Å²) in [7, 11) is 0. The molecule has 4 heteroatoms. The van der Waals surface area contributed by atoms with Crippen LogP contribution >= 0.6 is 22.6 Å². The van der Waals surface area contributed by atoms with Crippen molar-refractivity contribution >= 4 is 28.8 Å². The summed E-state index contributed by atoms with van der Waals surface area (Å²) in [5.74, 6) is 0. The smallest absolute Gasteiger partial charge is 0.439 e. The second kappa shape index (κ2) is 4.05. The summed E-state index contributed by atoms with van der Waals surface area (Å²) in [6.45, 7) is 1.97. The Kier molecular flexibility index (Phi) is 4.12. The summed E-state index contributed by atoms with van der Waals surface area (Å²) in [6.07, 6.45) is -1.70. The van der Waals surface area contributed by atoms with Gasteiger partial charge in [-0.25, -0.2) is 4.79 Å². The molecule has 2 nitrogen and oxygen atoms in total. The molecule has 1 unspecified atom stereocenters. The molecule has 0 saturated heterocycles.